The lowest BCUT2D eigenvalue weighted by atomic mass is 10.2. The van der Waals surface area contributed by atoms with Crippen molar-refractivity contribution in [1.29, 1.82) is 0 Å². The van der Waals surface area contributed by atoms with E-state index in [9.17, 15) is 4.79 Å². The van der Waals surface area contributed by atoms with E-state index >= 15 is 0 Å². The molecule has 13 heavy (non-hydrogen) atoms. The highest BCUT2D eigenvalue weighted by Crippen LogP contribution is 2.01. The Hall–Kier alpha value is -1.57. The number of carbonyl (C=O) groups excluding carboxylic acids is 1. The molecule has 0 radical (unpaired) electrons. The standard InChI is InChI=1S/C11H12O2/c1-2-3-9-13-11(12)10-7-5-4-6-8-10/h2,4-8H,1,3,9H2. The number of benzene rings is 1. The Morgan fingerprint density at radius 1 is 1.38 bits per heavy atom. The Balaban J connectivity index is 2.45. The van der Waals surface area contributed by atoms with Gasteiger partial charge in [0.1, 0.15) is 0 Å². The van der Waals surface area contributed by atoms with Gasteiger partial charge in [-0.3, -0.25) is 0 Å². The Bertz CT molecular complexity index is 277. The summed E-state index contributed by atoms with van der Waals surface area (Å²) in [5, 5.41) is 0. The monoisotopic (exact) mass is 176 g/mol. The van der Waals surface area contributed by atoms with Gasteiger partial charge in [-0.2, -0.15) is 0 Å². The number of hydrogen-bond acceptors (Lipinski definition) is 2. The van der Waals surface area contributed by atoms with Gasteiger partial charge in [-0.25, -0.2) is 4.79 Å². The van der Waals surface area contributed by atoms with Crippen molar-refractivity contribution < 1.29 is 9.53 Å². The molecule has 0 aliphatic rings. The predicted molar refractivity (Wildman–Crippen MR) is 51.5 cm³/mol. The highest BCUT2D eigenvalue weighted by molar-refractivity contribution is 5.89. The fraction of sp³-hybridized carbons (Fsp3) is 0.182. The van der Waals surface area contributed by atoms with Crippen LogP contribution in [0.2, 0.25) is 0 Å². The minimum absolute atomic E-state index is 0.276. The number of rotatable bonds is 4. The van der Waals surface area contributed by atoms with Crippen molar-refractivity contribution in [3.63, 3.8) is 0 Å². The summed E-state index contributed by atoms with van der Waals surface area (Å²) in [6.45, 7) is 3.94. The van der Waals surface area contributed by atoms with Gasteiger partial charge in [0.25, 0.3) is 0 Å². The first-order valence-corrected chi connectivity index (χ1v) is 4.17. The Morgan fingerprint density at radius 2 is 2.08 bits per heavy atom. The third-order valence-corrected chi connectivity index (χ3v) is 1.56. The SMILES string of the molecule is C=CCCOC(=O)c1ccccc1. The molecular formula is C11H12O2. The third kappa shape index (κ3) is 3.11. The summed E-state index contributed by atoms with van der Waals surface area (Å²) in [5.41, 5.74) is 0.589. The molecule has 0 aromatic heterocycles. The second kappa shape index (κ2) is 5.14. The molecule has 0 N–H and O–H groups in total. The molecule has 0 atom stereocenters. The molecule has 0 saturated heterocycles. The Labute approximate surface area is 77.8 Å². The van der Waals surface area contributed by atoms with Gasteiger partial charge in [0.05, 0.1) is 12.2 Å². The van der Waals surface area contributed by atoms with Crippen LogP contribution in [0.4, 0.5) is 0 Å². The summed E-state index contributed by atoms with van der Waals surface area (Å²) in [4.78, 5) is 11.3. The third-order valence-electron chi connectivity index (χ3n) is 1.56. The average Bonchev–Trinajstić information content (AvgIpc) is 2.19. The molecule has 0 saturated carbocycles. The van der Waals surface area contributed by atoms with Gasteiger partial charge in [-0.15, -0.1) is 6.58 Å². The molecule has 0 unspecified atom stereocenters. The number of esters is 1. The van der Waals surface area contributed by atoms with E-state index in [-0.39, 0.29) is 5.97 Å². The van der Waals surface area contributed by atoms with Crippen molar-refractivity contribution in [3.05, 3.63) is 48.6 Å². The molecule has 1 rings (SSSR count). The van der Waals surface area contributed by atoms with Crippen LogP contribution >= 0.6 is 0 Å². The number of ether oxygens (including phenoxy) is 1. The topological polar surface area (TPSA) is 26.3 Å². The maximum absolute atomic E-state index is 11.3. The van der Waals surface area contributed by atoms with Gasteiger partial charge >= 0.3 is 5.97 Å². The average molecular weight is 176 g/mol. The fourth-order valence-corrected chi connectivity index (χ4v) is 0.893. The van der Waals surface area contributed by atoms with Crippen molar-refractivity contribution >= 4 is 5.97 Å². The van der Waals surface area contributed by atoms with E-state index in [0.29, 0.717) is 18.6 Å². The second-order valence-corrected chi connectivity index (χ2v) is 2.58. The van der Waals surface area contributed by atoms with Crippen LogP contribution in [0.1, 0.15) is 16.8 Å². The first kappa shape index (κ1) is 9.52. The van der Waals surface area contributed by atoms with Gasteiger partial charge in [-0.05, 0) is 18.6 Å². The lowest BCUT2D eigenvalue weighted by molar-refractivity contribution is 0.0512. The molecule has 1 aromatic carbocycles. The first-order chi connectivity index (χ1) is 6.34. The zero-order chi connectivity index (χ0) is 9.52. The van der Waals surface area contributed by atoms with E-state index in [1.165, 1.54) is 0 Å². The summed E-state index contributed by atoms with van der Waals surface area (Å²) in [5.74, 6) is -0.276. The first-order valence-electron chi connectivity index (χ1n) is 4.17. The van der Waals surface area contributed by atoms with E-state index in [1.807, 2.05) is 18.2 Å². The molecule has 2 nitrogen and oxygen atoms in total. The summed E-state index contributed by atoms with van der Waals surface area (Å²) >= 11 is 0. The second-order valence-electron chi connectivity index (χ2n) is 2.58. The van der Waals surface area contributed by atoms with Crippen LogP contribution in [0.15, 0.2) is 43.0 Å². The van der Waals surface area contributed by atoms with Crippen LogP contribution in [-0.4, -0.2) is 12.6 Å². The molecule has 1 aromatic rings. The molecule has 68 valence electrons. The molecular weight excluding hydrogens is 164 g/mol. The van der Waals surface area contributed by atoms with Gasteiger partial charge in [0, 0.05) is 0 Å². The Morgan fingerprint density at radius 3 is 2.69 bits per heavy atom. The molecule has 0 spiro atoms. The van der Waals surface area contributed by atoms with Crippen molar-refractivity contribution in [2.24, 2.45) is 0 Å². The molecule has 0 aliphatic heterocycles. The van der Waals surface area contributed by atoms with Gasteiger partial charge < -0.3 is 4.74 Å². The summed E-state index contributed by atoms with van der Waals surface area (Å²) < 4.78 is 4.96. The largest absolute Gasteiger partial charge is 0.462 e. The minimum Gasteiger partial charge on any atom is -0.462 e. The molecule has 0 aliphatic carbocycles. The molecule has 2 heteroatoms. The van der Waals surface area contributed by atoms with Gasteiger partial charge in [0.2, 0.25) is 0 Å². The van der Waals surface area contributed by atoms with Crippen LogP contribution in [0.3, 0.4) is 0 Å². The zero-order valence-corrected chi connectivity index (χ0v) is 7.40. The summed E-state index contributed by atoms with van der Waals surface area (Å²) in [6.07, 6.45) is 2.41. The van der Waals surface area contributed by atoms with Gasteiger partial charge in [0.15, 0.2) is 0 Å². The van der Waals surface area contributed by atoms with Crippen molar-refractivity contribution in [3.8, 4) is 0 Å². The lowest BCUT2D eigenvalue weighted by Gasteiger charge is -2.01. The van der Waals surface area contributed by atoms with Crippen LogP contribution in [0, 0.1) is 0 Å². The van der Waals surface area contributed by atoms with Crippen LogP contribution in [0.25, 0.3) is 0 Å². The summed E-state index contributed by atoms with van der Waals surface area (Å²) in [7, 11) is 0. The normalized spacial score (nSPS) is 9.23. The molecule has 0 fully saturated rings. The minimum atomic E-state index is -0.276. The van der Waals surface area contributed by atoms with Crippen molar-refractivity contribution in [2.75, 3.05) is 6.61 Å². The molecule has 0 heterocycles. The van der Waals surface area contributed by atoms with Crippen molar-refractivity contribution in [1.82, 2.24) is 0 Å². The molecule has 0 amide bonds. The van der Waals surface area contributed by atoms with Crippen LogP contribution in [0.5, 0.6) is 0 Å². The molecule has 0 bridgehead atoms. The van der Waals surface area contributed by atoms with E-state index in [0.717, 1.165) is 0 Å². The quantitative estimate of drug-likeness (QED) is 0.400. The predicted octanol–water partition coefficient (Wildman–Crippen LogP) is 2.42. The van der Waals surface area contributed by atoms with E-state index in [1.54, 1.807) is 18.2 Å². The fourth-order valence-electron chi connectivity index (χ4n) is 0.893. The van der Waals surface area contributed by atoms with E-state index in [2.05, 4.69) is 6.58 Å². The Kier molecular flexibility index (Phi) is 3.76. The van der Waals surface area contributed by atoms with E-state index in [4.69, 9.17) is 4.74 Å². The van der Waals surface area contributed by atoms with Crippen LogP contribution in [-0.2, 0) is 4.74 Å². The lowest BCUT2D eigenvalue weighted by Crippen LogP contribution is -2.05. The van der Waals surface area contributed by atoms with E-state index < -0.39 is 0 Å². The maximum Gasteiger partial charge on any atom is 0.338 e. The maximum atomic E-state index is 11.3. The zero-order valence-electron chi connectivity index (χ0n) is 7.40. The van der Waals surface area contributed by atoms with Crippen LogP contribution < -0.4 is 0 Å². The van der Waals surface area contributed by atoms with Crippen molar-refractivity contribution in [2.45, 2.75) is 6.42 Å². The number of carbonyl (C=O) groups is 1. The van der Waals surface area contributed by atoms with Gasteiger partial charge in [-0.1, -0.05) is 24.3 Å². The summed E-state index contributed by atoms with van der Waals surface area (Å²) in [6, 6.07) is 8.95. The highest BCUT2D eigenvalue weighted by Gasteiger charge is 2.03. The highest BCUT2D eigenvalue weighted by atomic mass is 16.5. The smallest absolute Gasteiger partial charge is 0.338 e. The number of hydrogen-bond donors (Lipinski definition) is 0.